The van der Waals surface area contributed by atoms with Crippen LogP contribution in [-0.4, -0.2) is 36.6 Å². The van der Waals surface area contributed by atoms with E-state index in [0.717, 1.165) is 6.42 Å². The van der Waals surface area contributed by atoms with Gasteiger partial charge in [-0.3, -0.25) is 0 Å². The Bertz CT molecular complexity index is 209. The van der Waals surface area contributed by atoms with Gasteiger partial charge in [-0.15, -0.1) is 0 Å². The standard InChI is InChI=1S/C18H38O3/c1-5-7-9-10-11-13-18(12-8-6-2)21-17(4)15-20-16(3)14-19/h16-19H,5-15H2,1-4H3. The molecule has 0 fully saturated rings. The Morgan fingerprint density at radius 2 is 1.43 bits per heavy atom. The van der Waals surface area contributed by atoms with Gasteiger partial charge in [-0.25, -0.2) is 0 Å². The highest BCUT2D eigenvalue weighted by Crippen LogP contribution is 2.16. The van der Waals surface area contributed by atoms with Crippen LogP contribution < -0.4 is 0 Å². The second kappa shape index (κ2) is 14.8. The largest absolute Gasteiger partial charge is 0.394 e. The van der Waals surface area contributed by atoms with E-state index in [4.69, 9.17) is 14.6 Å². The molecule has 0 aromatic carbocycles. The third-order valence-electron chi connectivity index (χ3n) is 3.81. The van der Waals surface area contributed by atoms with Gasteiger partial charge >= 0.3 is 0 Å². The van der Waals surface area contributed by atoms with Gasteiger partial charge in [-0.2, -0.15) is 0 Å². The SMILES string of the molecule is CCCCCCCC(CCCC)OC(C)COC(C)CO. The molecule has 0 radical (unpaired) electrons. The average molecular weight is 302 g/mol. The quantitative estimate of drug-likeness (QED) is 0.445. The van der Waals surface area contributed by atoms with Crippen molar-refractivity contribution in [3.63, 3.8) is 0 Å². The van der Waals surface area contributed by atoms with E-state index in [0.29, 0.717) is 12.7 Å². The first-order chi connectivity index (χ1) is 10.1. The van der Waals surface area contributed by atoms with Crippen molar-refractivity contribution in [1.29, 1.82) is 0 Å². The first-order valence-corrected chi connectivity index (χ1v) is 9.01. The molecular weight excluding hydrogens is 264 g/mol. The number of unbranched alkanes of at least 4 members (excludes halogenated alkanes) is 5. The summed E-state index contributed by atoms with van der Waals surface area (Å²) in [7, 11) is 0. The molecule has 3 nitrogen and oxygen atoms in total. The van der Waals surface area contributed by atoms with E-state index in [-0.39, 0.29) is 18.8 Å². The predicted octanol–water partition coefficient (Wildman–Crippen LogP) is 4.71. The van der Waals surface area contributed by atoms with Crippen LogP contribution in [0.4, 0.5) is 0 Å². The Kier molecular flexibility index (Phi) is 14.7. The topological polar surface area (TPSA) is 38.7 Å². The zero-order valence-corrected chi connectivity index (χ0v) is 14.8. The highest BCUT2D eigenvalue weighted by Gasteiger charge is 2.14. The van der Waals surface area contributed by atoms with Crippen LogP contribution >= 0.6 is 0 Å². The molecule has 128 valence electrons. The molecule has 0 rings (SSSR count). The molecule has 0 aliphatic carbocycles. The lowest BCUT2D eigenvalue weighted by Gasteiger charge is -2.23. The fourth-order valence-corrected chi connectivity index (χ4v) is 2.41. The Labute approximate surface area is 132 Å². The maximum atomic E-state index is 8.97. The molecule has 0 saturated heterocycles. The summed E-state index contributed by atoms with van der Waals surface area (Å²) < 4.78 is 11.7. The summed E-state index contributed by atoms with van der Waals surface area (Å²) in [6, 6.07) is 0. The van der Waals surface area contributed by atoms with Gasteiger partial charge in [0.05, 0.1) is 31.5 Å². The molecule has 0 aromatic rings. The van der Waals surface area contributed by atoms with Crippen molar-refractivity contribution in [2.75, 3.05) is 13.2 Å². The van der Waals surface area contributed by atoms with Crippen molar-refractivity contribution in [2.24, 2.45) is 0 Å². The summed E-state index contributed by atoms with van der Waals surface area (Å²) in [5.41, 5.74) is 0. The van der Waals surface area contributed by atoms with Gasteiger partial charge in [0.1, 0.15) is 0 Å². The average Bonchev–Trinajstić information content (AvgIpc) is 2.49. The zero-order valence-electron chi connectivity index (χ0n) is 14.8. The Morgan fingerprint density at radius 3 is 2.05 bits per heavy atom. The molecule has 0 aromatic heterocycles. The van der Waals surface area contributed by atoms with E-state index in [9.17, 15) is 0 Å². The van der Waals surface area contributed by atoms with Crippen LogP contribution in [0.1, 0.15) is 85.5 Å². The van der Waals surface area contributed by atoms with E-state index in [1.807, 2.05) is 6.92 Å². The van der Waals surface area contributed by atoms with E-state index < -0.39 is 0 Å². The van der Waals surface area contributed by atoms with Gasteiger partial charge in [-0.1, -0.05) is 58.8 Å². The second-order valence-electron chi connectivity index (χ2n) is 6.24. The molecule has 0 aliphatic rings. The van der Waals surface area contributed by atoms with Crippen LogP contribution in [0.25, 0.3) is 0 Å². The number of ether oxygens (including phenoxy) is 2. The lowest BCUT2D eigenvalue weighted by atomic mass is 10.0. The van der Waals surface area contributed by atoms with Gasteiger partial charge in [0.25, 0.3) is 0 Å². The summed E-state index contributed by atoms with van der Waals surface area (Å²) >= 11 is 0. The van der Waals surface area contributed by atoms with E-state index >= 15 is 0 Å². The highest BCUT2D eigenvalue weighted by molar-refractivity contribution is 4.62. The van der Waals surface area contributed by atoms with Crippen LogP contribution in [0.5, 0.6) is 0 Å². The molecule has 0 spiro atoms. The summed E-state index contributed by atoms with van der Waals surface area (Å²) in [4.78, 5) is 0. The molecule has 0 aliphatic heterocycles. The van der Waals surface area contributed by atoms with Gasteiger partial charge in [0.15, 0.2) is 0 Å². The zero-order chi connectivity index (χ0) is 15.9. The first kappa shape index (κ1) is 20.9. The van der Waals surface area contributed by atoms with Gasteiger partial charge < -0.3 is 14.6 Å². The minimum absolute atomic E-state index is 0.0728. The van der Waals surface area contributed by atoms with Crippen LogP contribution in [0.3, 0.4) is 0 Å². The molecule has 3 unspecified atom stereocenters. The van der Waals surface area contributed by atoms with Crippen molar-refractivity contribution >= 4 is 0 Å². The Hall–Kier alpha value is -0.120. The van der Waals surface area contributed by atoms with Crippen LogP contribution in [0.2, 0.25) is 0 Å². The molecule has 0 bridgehead atoms. The highest BCUT2D eigenvalue weighted by atomic mass is 16.5. The van der Waals surface area contributed by atoms with E-state index in [1.165, 1.54) is 51.4 Å². The summed E-state index contributed by atoms with van der Waals surface area (Å²) in [6.45, 7) is 9.08. The summed E-state index contributed by atoms with van der Waals surface area (Å²) in [5, 5.41) is 8.97. The summed E-state index contributed by atoms with van der Waals surface area (Å²) in [5.74, 6) is 0. The minimum atomic E-state index is -0.0980. The molecule has 3 atom stereocenters. The Morgan fingerprint density at radius 1 is 0.810 bits per heavy atom. The third-order valence-corrected chi connectivity index (χ3v) is 3.81. The smallest absolute Gasteiger partial charge is 0.0784 e. The van der Waals surface area contributed by atoms with Crippen molar-refractivity contribution in [3.8, 4) is 0 Å². The fraction of sp³-hybridized carbons (Fsp3) is 1.00. The molecule has 0 heterocycles. The van der Waals surface area contributed by atoms with Crippen LogP contribution in [0.15, 0.2) is 0 Å². The van der Waals surface area contributed by atoms with Gasteiger partial charge in [0, 0.05) is 0 Å². The third kappa shape index (κ3) is 13.3. The number of hydrogen-bond donors (Lipinski definition) is 1. The molecule has 0 saturated carbocycles. The maximum absolute atomic E-state index is 8.97. The second-order valence-corrected chi connectivity index (χ2v) is 6.24. The van der Waals surface area contributed by atoms with E-state index in [2.05, 4.69) is 20.8 Å². The van der Waals surface area contributed by atoms with E-state index in [1.54, 1.807) is 0 Å². The van der Waals surface area contributed by atoms with Crippen LogP contribution in [-0.2, 0) is 9.47 Å². The molecular formula is C18H38O3. The lowest BCUT2D eigenvalue weighted by molar-refractivity contribution is -0.0769. The molecule has 0 amide bonds. The monoisotopic (exact) mass is 302 g/mol. The normalized spacial score (nSPS) is 15.9. The number of aliphatic hydroxyl groups is 1. The van der Waals surface area contributed by atoms with Crippen LogP contribution in [0, 0.1) is 0 Å². The minimum Gasteiger partial charge on any atom is -0.394 e. The van der Waals surface area contributed by atoms with Crippen molar-refractivity contribution in [1.82, 2.24) is 0 Å². The number of aliphatic hydroxyl groups excluding tert-OH is 1. The van der Waals surface area contributed by atoms with Gasteiger partial charge in [0.2, 0.25) is 0 Å². The number of rotatable bonds is 15. The first-order valence-electron chi connectivity index (χ1n) is 9.01. The molecule has 1 N–H and O–H groups in total. The Balaban J connectivity index is 3.91. The maximum Gasteiger partial charge on any atom is 0.0784 e. The predicted molar refractivity (Wildman–Crippen MR) is 89.7 cm³/mol. The van der Waals surface area contributed by atoms with Gasteiger partial charge in [-0.05, 0) is 26.7 Å². The molecule has 3 heteroatoms. The van der Waals surface area contributed by atoms with Crippen molar-refractivity contribution in [2.45, 2.75) is 104 Å². The number of hydrogen-bond acceptors (Lipinski definition) is 3. The van der Waals surface area contributed by atoms with Crippen molar-refractivity contribution < 1.29 is 14.6 Å². The fourth-order valence-electron chi connectivity index (χ4n) is 2.41. The lowest BCUT2D eigenvalue weighted by Crippen LogP contribution is -2.27. The summed E-state index contributed by atoms with van der Waals surface area (Å²) in [6.07, 6.45) is 11.8. The van der Waals surface area contributed by atoms with Crippen molar-refractivity contribution in [3.05, 3.63) is 0 Å². The molecule has 21 heavy (non-hydrogen) atoms.